The zero-order valence-corrected chi connectivity index (χ0v) is 13.7. The molecule has 7 nitrogen and oxygen atoms in total. The molecule has 8 heteroatoms. The molecule has 0 bridgehead atoms. The van der Waals surface area contributed by atoms with E-state index < -0.39 is 6.03 Å². The molecule has 2 aromatic carbocycles. The van der Waals surface area contributed by atoms with Crippen LogP contribution < -0.4 is 10.6 Å². The van der Waals surface area contributed by atoms with E-state index in [0.29, 0.717) is 16.1 Å². The topological polar surface area (TPSA) is 98.7 Å². The maximum Gasteiger partial charge on any atom is 0.319 e. The van der Waals surface area contributed by atoms with Crippen molar-refractivity contribution in [2.75, 3.05) is 18.4 Å². The Morgan fingerprint density at radius 1 is 1.08 bits per heavy atom. The van der Waals surface area contributed by atoms with Gasteiger partial charge in [0.1, 0.15) is 5.75 Å². The molecule has 0 spiro atoms. The van der Waals surface area contributed by atoms with E-state index in [9.17, 15) is 19.5 Å². The number of halogens is 1. The van der Waals surface area contributed by atoms with Gasteiger partial charge < -0.3 is 15.7 Å². The second-order valence-corrected chi connectivity index (χ2v) is 5.79. The van der Waals surface area contributed by atoms with Gasteiger partial charge in [-0.25, -0.2) is 4.79 Å². The van der Waals surface area contributed by atoms with Crippen LogP contribution in [0.5, 0.6) is 5.75 Å². The summed E-state index contributed by atoms with van der Waals surface area (Å²) < 4.78 is 0. The largest absolute Gasteiger partial charge is 0.506 e. The van der Waals surface area contributed by atoms with Crippen LogP contribution in [-0.2, 0) is 0 Å². The number of aromatic hydroxyl groups is 1. The molecular weight excluding hydrogens is 346 g/mol. The van der Waals surface area contributed by atoms with Gasteiger partial charge in [0, 0.05) is 18.1 Å². The standard InChI is InChI=1S/C17H14ClN3O4/c18-10-5-6-14(22)13(9-10)20-17(25)19-7-8-21-15(23)11-3-1-2-4-12(11)16(21)24/h1-6,9,22H,7-8H2,(H2,19,20,25). The SMILES string of the molecule is O=C(NCCN1C(=O)c2ccccc2C1=O)Nc1cc(Cl)ccc1O. The van der Waals surface area contributed by atoms with Gasteiger partial charge in [0.25, 0.3) is 11.8 Å². The average molecular weight is 360 g/mol. The first-order chi connectivity index (χ1) is 12.0. The number of rotatable bonds is 4. The van der Waals surface area contributed by atoms with Crippen molar-refractivity contribution in [2.24, 2.45) is 0 Å². The zero-order valence-electron chi connectivity index (χ0n) is 13.0. The minimum atomic E-state index is -0.589. The highest BCUT2D eigenvalue weighted by Gasteiger charge is 2.34. The molecule has 1 heterocycles. The van der Waals surface area contributed by atoms with Crippen molar-refractivity contribution in [3.8, 4) is 5.75 Å². The second-order valence-electron chi connectivity index (χ2n) is 5.35. The summed E-state index contributed by atoms with van der Waals surface area (Å²) in [6, 6.07) is 10.2. The Morgan fingerprint density at radius 3 is 2.36 bits per heavy atom. The average Bonchev–Trinajstić information content (AvgIpc) is 2.83. The van der Waals surface area contributed by atoms with Gasteiger partial charge in [-0.2, -0.15) is 0 Å². The van der Waals surface area contributed by atoms with E-state index in [-0.39, 0.29) is 36.3 Å². The summed E-state index contributed by atoms with van der Waals surface area (Å²) in [6.45, 7) is 0.111. The number of hydrogen-bond donors (Lipinski definition) is 3. The van der Waals surface area contributed by atoms with Gasteiger partial charge in [-0.15, -0.1) is 0 Å². The van der Waals surface area contributed by atoms with E-state index >= 15 is 0 Å². The Balaban J connectivity index is 1.55. The molecule has 3 N–H and O–H groups in total. The summed E-state index contributed by atoms with van der Waals surface area (Å²) in [5, 5.41) is 15.0. The molecule has 0 fully saturated rings. The Morgan fingerprint density at radius 2 is 1.72 bits per heavy atom. The molecule has 1 aliphatic heterocycles. The van der Waals surface area contributed by atoms with Crippen molar-refractivity contribution in [3.05, 3.63) is 58.6 Å². The molecular formula is C17H14ClN3O4. The maximum atomic E-state index is 12.2. The van der Waals surface area contributed by atoms with E-state index in [4.69, 9.17) is 11.6 Å². The lowest BCUT2D eigenvalue weighted by Gasteiger charge is -2.14. The first-order valence-corrected chi connectivity index (χ1v) is 7.84. The van der Waals surface area contributed by atoms with Crippen molar-refractivity contribution >= 4 is 35.1 Å². The number of amides is 4. The van der Waals surface area contributed by atoms with Crippen molar-refractivity contribution in [2.45, 2.75) is 0 Å². The molecule has 0 aliphatic carbocycles. The molecule has 0 saturated carbocycles. The molecule has 3 rings (SSSR count). The Bertz CT molecular complexity index is 834. The number of anilines is 1. The number of imide groups is 1. The number of nitrogens with one attached hydrogen (secondary N) is 2. The third kappa shape index (κ3) is 3.41. The predicted molar refractivity (Wildman–Crippen MR) is 91.9 cm³/mol. The lowest BCUT2D eigenvalue weighted by Crippen LogP contribution is -2.39. The van der Waals surface area contributed by atoms with Gasteiger partial charge in [0.05, 0.1) is 16.8 Å². The molecule has 0 unspecified atom stereocenters. The molecule has 0 saturated heterocycles. The fourth-order valence-electron chi connectivity index (χ4n) is 2.50. The lowest BCUT2D eigenvalue weighted by molar-refractivity contribution is 0.0656. The highest BCUT2D eigenvalue weighted by Crippen LogP contribution is 2.26. The first-order valence-electron chi connectivity index (χ1n) is 7.46. The number of phenols is 1. The number of carbonyl (C=O) groups excluding carboxylic acids is 3. The van der Waals surface area contributed by atoms with Crippen molar-refractivity contribution in [1.29, 1.82) is 0 Å². The number of hydrogen-bond acceptors (Lipinski definition) is 4. The summed E-state index contributed by atoms with van der Waals surface area (Å²) in [4.78, 5) is 37.3. The van der Waals surface area contributed by atoms with Crippen LogP contribution in [-0.4, -0.2) is 40.9 Å². The summed E-state index contributed by atoms with van der Waals surface area (Å²) in [6.07, 6.45) is 0. The fourth-order valence-corrected chi connectivity index (χ4v) is 2.67. The minimum Gasteiger partial charge on any atom is -0.506 e. The number of carbonyl (C=O) groups is 3. The third-order valence-corrected chi connectivity index (χ3v) is 3.94. The number of phenolic OH excluding ortho intramolecular Hbond substituents is 1. The van der Waals surface area contributed by atoms with Crippen molar-refractivity contribution < 1.29 is 19.5 Å². The van der Waals surface area contributed by atoms with Gasteiger partial charge in [-0.1, -0.05) is 23.7 Å². The lowest BCUT2D eigenvalue weighted by atomic mass is 10.1. The molecule has 25 heavy (non-hydrogen) atoms. The zero-order chi connectivity index (χ0) is 18.0. The van der Waals surface area contributed by atoms with E-state index in [2.05, 4.69) is 10.6 Å². The van der Waals surface area contributed by atoms with Crippen molar-refractivity contribution in [1.82, 2.24) is 10.2 Å². The predicted octanol–water partition coefficient (Wildman–Crippen LogP) is 2.46. The Kier molecular flexibility index (Phi) is 4.58. The quantitative estimate of drug-likeness (QED) is 0.577. The van der Waals surface area contributed by atoms with Crippen molar-refractivity contribution in [3.63, 3.8) is 0 Å². The smallest absolute Gasteiger partial charge is 0.319 e. The van der Waals surface area contributed by atoms with Crippen LogP contribution in [0.4, 0.5) is 10.5 Å². The fraction of sp³-hybridized carbons (Fsp3) is 0.118. The highest BCUT2D eigenvalue weighted by atomic mass is 35.5. The second kappa shape index (κ2) is 6.82. The van der Waals surface area contributed by atoms with Gasteiger partial charge in [-0.3, -0.25) is 14.5 Å². The van der Waals surface area contributed by atoms with E-state index in [0.717, 1.165) is 4.90 Å². The number of benzene rings is 2. The van der Waals surface area contributed by atoms with E-state index in [1.807, 2.05) is 0 Å². The number of urea groups is 1. The molecule has 128 valence electrons. The normalized spacial score (nSPS) is 12.9. The highest BCUT2D eigenvalue weighted by molar-refractivity contribution is 6.31. The van der Waals surface area contributed by atoms with Gasteiger partial charge >= 0.3 is 6.03 Å². The minimum absolute atomic E-state index is 0.0430. The maximum absolute atomic E-state index is 12.2. The molecule has 2 aromatic rings. The number of nitrogens with zero attached hydrogens (tertiary/aromatic N) is 1. The van der Waals surface area contributed by atoms with Crippen LogP contribution in [0.25, 0.3) is 0 Å². The van der Waals surface area contributed by atoms with Crippen LogP contribution in [0.2, 0.25) is 5.02 Å². The molecule has 0 aromatic heterocycles. The molecule has 0 atom stereocenters. The molecule has 0 radical (unpaired) electrons. The van der Waals surface area contributed by atoms with Gasteiger partial charge in [0.2, 0.25) is 0 Å². The Labute approximate surface area is 148 Å². The Hall–Kier alpha value is -3.06. The van der Waals surface area contributed by atoms with Gasteiger partial charge in [0.15, 0.2) is 0 Å². The van der Waals surface area contributed by atoms with Crippen LogP contribution in [0.3, 0.4) is 0 Å². The van der Waals surface area contributed by atoms with E-state index in [1.54, 1.807) is 24.3 Å². The third-order valence-electron chi connectivity index (χ3n) is 3.71. The monoisotopic (exact) mass is 359 g/mol. The van der Waals surface area contributed by atoms with Gasteiger partial charge in [-0.05, 0) is 30.3 Å². The van der Waals surface area contributed by atoms with Crippen LogP contribution in [0.1, 0.15) is 20.7 Å². The van der Waals surface area contributed by atoms with Crippen LogP contribution >= 0.6 is 11.6 Å². The summed E-state index contributed by atoms with van der Waals surface area (Å²) in [7, 11) is 0. The molecule has 4 amide bonds. The number of fused-ring (bicyclic) bond motifs is 1. The van der Waals surface area contributed by atoms with E-state index in [1.165, 1.54) is 18.2 Å². The van der Waals surface area contributed by atoms with Crippen LogP contribution in [0.15, 0.2) is 42.5 Å². The summed E-state index contributed by atoms with van der Waals surface area (Å²) >= 11 is 5.80. The first kappa shape index (κ1) is 16.8. The van der Waals surface area contributed by atoms with Crippen LogP contribution in [0, 0.1) is 0 Å². The summed E-state index contributed by atoms with van der Waals surface area (Å²) in [5.74, 6) is -0.884. The molecule has 1 aliphatic rings. The summed E-state index contributed by atoms with van der Waals surface area (Å²) in [5.41, 5.74) is 0.882.